The van der Waals surface area contributed by atoms with E-state index in [4.69, 9.17) is 5.53 Å². The molecule has 0 amide bonds. The Kier molecular flexibility index (Phi) is 2.41. The lowest BCUT2D eigenvalue weighted by atomic mass is 10.3. The van der Waals surface area contributed by atoms with E-state index in [0.717, 1.165) is 6.20 Å². The van der Waals surface area contributed by atoms with Crippen molar-refractivity contribution in [3.05, 3.63) is 40.3 Å². The van der Waals surface area contributed by atoms with E-state index in [-0.39, 0.29) is 6.54 Å². The van der Waals surface area contributed by atoms with Crippen molar-refractivity contribution in [1.82, 2.24) is 4.98 Å². The molecule has 1 heterocycles. The van der Waals surface area contributed by atoms with Crippen molar-refractivity contribution in [2.75, 3.05) is 0 Å². The Balaban J connectivity index is 2.79. The zero-order valence-electron chi connectivity index (χ0n) is 5.61. The van der Waals surface area contributed by atoms with Gasteiger partial charge in [0, 0.05) is 11.1 Å². The Morgan fingerprint density at radius 1 is 1.64 bits per heavy atom. The molecule has 0 spiro atoms. The first kappa shape index (κ1) is 7.50. The standard InChI is InChI=1S/C6H5FN4/c7-6-1-5(2-9-4-6)3-10-11-8/h1-2,4H,3H2. The van der Waals surface area contributed by atoms with Crippen LogP contribution in [-0.4, -0.2) is 4.98 Å². The maximum absolute atomic E-state index is 12.4. The lowest BCUT2D eigenvalue weighted by Gasteiger charge is -1.92. The molecule has 0 aromatic carbocycles. The second-order valence-corrected chi connectivity index (χ2v) is 1.90. The zero-order valence-corrected chi connectivity index (χ0v) is 5.61. The van der Waals surface area contributed by atoms with Crippen molar-refractivity contribution in [3.63, 3.8) is 0 Å². The Labute approximate surface area is 62.3 Å². The van der Waals surface area contributed by atoms with E-state index in [1.807, 2.05) is 0 Å². The fourth-order valence-electron chi connectivity index (χ4n) is 0.656. The van der Waals surface area contributed by atoms with Gasteiger partial charge in [-0.1, -0.05) is 5.11 Å². The summed E-state index contributed by atoms with van der Waals surface area (Å²) in [6.07, 6.45) is 2.55. The van der Waals surface area contributed by atoms with Crippen LogP contribution in [0.3, 0.4) is 0 Å². The third-order valence-electron chi connectivity index (χ3n) is 1.08. The molecule has 5 heteroatoms. The molecular weight excluding hydrogens is 147 g/mol. The molecule has 0 radical (unpaired) electrons. The number of rotatable bonds is 2. The van der Waals surface area contributed by atoms with Gasteiger partial charge in [-0.3, -0.25) is 4.98 Å². The van der Waals surface area contributed by atoms with Gasteiger partial charge in [-0.25, -0.2) is 4.39 Å². The quantitative estimate of drug-likeness (QED) is 0.363. The number of hydrogen-bond acceptors (Lipinski definition) is 2. The maximum Gasteiger partial charge on any atom is 0.141 e. The molecule has 0 aliphatic rings. The van der Waals surface area contributed by atoms with Gasteiger partial charge in [0.15, 0.2) is 0 Å². The summed E-state index contributed by atoms with van der Waals surface area (Å²) in [5, 5.41) is 3.26. The topological polar surface area (TPSA) is 61.7 Å². The van der Waals surface area contributed by atoms with Gasteiger partial charge in [0.25, 0.3) is 0 Å². The number of hydrogen-bond donors (Lipinski definition) is 0. The summed E-state index contributed by atoms with van der Waals surface area (Å²) in [4.78, 5) is 6.11. The summed E-state index contributed by atoms with van der Waals surface area (Å²) in [7, 11) is 0. The van der Waals surface area contributed by atoms with Gasteiger partial charge in [-0.05, 0) is 17.2 Å². The summed E-state index contributed by atoms with van der Waals surface area (Å²) < 4.78 is 12.4. The van der Waals surface area contributed by atoms with E-state index in [1.54, 1.807) is 0 Å². The molecule has 0 saturated carbocycles. The number of aromatic nitrogens is 1. The van der Waals surface area contributed by atoms with E-state index < -0.39 is 5.82 Å². The van der Waals surface area contributed by atoms with Crippen LogP contribution < -0.4 is 0 Å². The van der Waals surface area contributed by atoms with Gasteiger partial charge in [0.05, 0.1) is 12.7 Å². The SMILES string of the molecule is [N-]=[N+]=NCc1cncc(F)c1. The molecule has 4 nitrogen and oxygen atoms in total. The highest BCUT2D eigenvalue weighted by Crippen LogP contribution is 2.01. The van der Waals surface area contributed by atoms with Crippen LogP contribution in [0.5, 0.6) is 0 Å². The molecule has 1 rings (SSSR count). The highest BCUT2D eigenvalue weighted by atomic mass is 19.1. The number of pyridine rings is 1. The zero-order chi connectivity index (χ0) is 8.10. The second-order valence-electron chi connectivity index (χ2n) is 1.90. The molecule has 0 atom stereocenters. The smallest absolute Gasteiger partial charge is 0.141 e. The normalized spacial score (nSPS) is 8.82. The third-order valence-corrected chi connectivity index (χ3v) is 1.08. The second kappa shape index (κ2) is 3.53. The minimum Gasteiger partial charge on any atom is -0.261 e. The first-order chi connectivity index (χ1) is 5.33. The Morgan fingerprint density at radius 3 is 3.09 bits per heavy atom. The van der Waals surface area contributed by atoms with E-state index in [0.29, 0.717) is 5.56 Å². The number of halogens is 1. The molecule has 1 aromatic rings. The van der Waals surface area contributed by atoms with Crippen molar-refractivity contribution >= 4 is 0 Å². The first-order valence-electron chi connectivity index (χ1n) is 2.93. The van der Waals surface area contributed by atoms with E-state index in [2.05, 4.69) is 15.0 Å². The van der Waals surface area contributed by atoms with Gasteiger partial charge < -0.3 is 0 Å². The van der Waals surface area contributed by atoms with Crippen LogP contribution in [0, 0.1) is 5.82 Å². The molecule has 0 saturated heterocycles. The number of nitrogens with zero attached hydrogens (tertiary/aromatic N) is 4. The van der Waals surface area contributed by atoms with Crippen LogP contribution in [-0.2, 0) is 6.54 Å². The van der Waals surface area contributed by atoms with Crippen molar-refractivity contribution in [3.8, 4) is 0 Å². The van der Waals surface area contributed by atoms with E-state index in [9.17, 15) is 4.39 Å². The lowest BCUT2D eigenvalue weighted by molar-refractivity contribution is 0.618. The first-order valence-corrected chi connectivity index (χ1v) is 2.93. The molecule has 0 unspecified atom stereocenters. The Bertz CT molecular complexity index is 292. The lowest BCUT2D eigenvalue weighted by Crippen LogP contribution is -1.84. The third kappa shape index (κ3) is 2.23. The van der Waals surface area contributed by atoms with Crippen LogP contribution in [0.1, 0.15) is 5.56 Å². The van der Waals surface area contributed by atoms with Gasteiger partial charge in [-0.2, -0.15) is 0 Å². The molecule has 1 aromatic heterocycles. The largest absolute Gasteiger partial charge is 0.261 e. The Morgan fingerprint density at radius 2 is 2.45 bits per heavy atom. The highest BCUT2D eigenvalue weighted by molar-refractivity contribution is 5.09. The van der Waals surface area contributed by atoms with Gasteiger partial charge in [0.2, 0.25) is 0 Å². The molecule has 0 aliphatic heterocycles. The van der Waals surface area contributed by atoms with E-state index >= 15 is 0 Å². The van der Waals surface area contributed by atoms with E-state index in [1.165, 1.54) is 12.3 Å². The average Bonchev–Trinajstić information content (AvgIpc) is 2.01. The monoisotopic (exact) mass is 152 g/mol. The predicted octanol–water partition coefficient (Wildman–Crippen LogP) is 2.03. The summed E-state index contributed by atoms with van der Waals surface area (Å²) >= 11 is 0. The molecule has 0 fully saturated rings. The van der Waals surface area contributed by atoms with Crippen molar-refractivity contribution in [2.45, 2.75) is 6.54 Å². The summed E-state index contributed by atoms with van der Waals surface area (Å²) in [6.45, 7) is 0.140. The van der Waals surface area contributed by atoms with Crippen LogP contribution in [0.15, 0.2) is 23.6 Å². The summed E-state index contributed by atoms with van der Waals surface area (Å²) in [6, 6.07) is 1.28. The molecule has 0 aliphatic carbocycles. The summed E-state index contributed by atoms with van der Waals surface area (Å²) in [5.41, 5.74) is 8.51. The minimum atomic E-state index is -0.421. The van der Waals surface area contributed by atoms with Crippen LogP contribution in [0.2, 0.25) is 0 Å². The van der Waals surface area contributed by atoms with Crippen molar-refractivity contribution in [1.29, 1.82) is 0 Å². The summed E-state index contributed by atoms with van der Waals surface area (Å²) in [5.74, 6) is -0.421. The number of azide groups is 1. The van der Waals surface area contributed by atoms with Gasteiger partial charge in [0.1, 0.15) is 5.82 Å². The van der Waals surface area contributed by atoms with Crippen molar-refractivity contribution < 1.29 is 4.39 Å². The minimum absolute atomic E-state index is 0.140. The van der Waals surface area contributed by atoms with Crippen molar-refractivity contribution in [2.24, 2.45) is 5.11 Å². The predicted molar refractivity (Wildman–Crippen MR) is 37.0 cm³/mol. The van der Waals surface area contributed by atoms with Crippen LogP contribution in [0.4, 0.5) is 4.39 Å². The van der Waals surface area contributed by atoms with Crippen LogP contribution >= 0.6 is 0 Å². The van der Waals surface area contributed by atoms with Gasteiger partial charge in [-0.15, -0.1) is 0 Å². The van der Waals surface area contributed by atoms with Crippen LogP contribution in [0.25, 0.3) is 10.4 Å². The fraction of sp³-hybridized carbons (Fsp3) is 0.167. The fourth-order valence-corrected chi connectivity index (χ4v) is 0.656. The molecule has 0 bridgehead atoms. The van der Waals surface area contributed by atoms with Gasteiger partial charge >= 0.3 is 0 Å². The highest BCUT2D eigenvalue weighted by Gasteiger charge is 1.92. The maximum atomic E-state index is 12.4. The molecule has 56 valence electrons. The Hall–Kier alpha value is -1.61. The average molecular weight is 152 g/mol. The molecular formula is C6H5FN4. The molecule has 11 heavy (non-hydrogen) atoms. The molecule has 0 N–H and O–H groups in total.